The summed E-state index contributed by atoms with van der Waals surface area (Å²) in [5.41, 5.74) is 0. The van der Waals surface area contributed by atoms with Crippen LogP contribution >= 0.6 is 0 Å². The molecule has 0 radical (unpaired) electrons. The predicted molar refractivity (Wildman–Crippen MR) is 210 cm³/mol. The largest absolute Gasteiger partial charge is 0.748 e. The van der Waals surface area contributed by atoms with Crippen molar-refractivity contribution in [2.24, 2.45) is 5.92 Å². The first-order valence-corrected chi connectivity index (χ1v) is 20.4. The van der Waals surface area contributed by atoms with E-state index in [-0.39, 0.29) is 22.6 Å². The lowest BCUT2D eigenvalue weighted by Gasteiger charge is -2.34. The van der Waals surface area contributed by atoms with Crippen molar-refractivity contribution in [1.29, 1.82) is 0 Å². The first kappa shape index (κ1) is 50.2. The summed E-state index contributed by atoms with van der Waals surface area (Å²) < 4.78 is 41.9. The van der Waals surface area contributed by atoms with Crippen molar-refractivity contribution in [3.8, 4) is 0 Å². The van der Waals surface area contributed by atoms with Gasteiger partial charge in [-0.05, 0) is 75.9 Å². The Morgan fingerprint density at radius 3 is 1.21 bits per heavy atom. The van der Waals surface area contributed by atoms with Crippen LogP contribution in [0, 0.1) is 5.92 Å². The number of hydrogen-bond acceptors (Lipinski definition) is 5. The maximum atomic E-state index is 10.9. The maximum Gasteiger partial charge on any atom is 0.166 e. The Hall–Kier alpha value is -2.16. The lowest BCUT2D eigenvalue weighted by Crippen LogP contribution is -2.38. The third kappa shape index (κ3) is 19.7. The molecule has 0 N–H and O–H groups in total. The van der Waals surface area contributed by atoms with Gasteiger partial charge in [-0.2, -0.15) is 0 Å². The topological polar surface area (TPSA) is 75.7 Å². The fourth-order valence-electron chi connectivity index (χ4n) is 3.97. The van der Waals surface area contributed by atoms with Crippen LogP contribution in [-0.2, 0) is 30.5 Å². The van der Waals surface area contributed by atoms with Gasteiger partial charge in [0.05, 0.1) is 15.6 Å². The molecule has 7 heteroatoms. The molecule has 0 saturated carbocycles. The molecule has 3 rings (SSSR count). The molecule has 0 saturated heterocycles. The highest BCUT2D eigenvalue weighted by Crippen LogP contribution is 2.31. The maximum absolute atomic E-state index is 10.9. The Balaban J connectivity index is -0.000000616. The van der Waals surface area contributed by atoms with Gasteiger partial charge in [0.25, 0.3) is 0 Å². The fraction of sp³-hybridized carbons (Fsp3) is 0.561. The minimum absolute atomic E-state index is 0.0146. The van der Waals surface area contributed by atoms with Crippen LogP contribution in [0.25, 0.3) is 0 Å². The third-order valence-electron chi connectivity index (χ3n) is 7.61. The van der Waals surface area contributed by atoms with E-state index in [0.717, 1.165) is 32.1 Å². The second-order valence-electron chi connectivity index (χ2n) is 11.0. The molecule has 0 aliphatic heterocycles. The number of methoxy groups -OCH3 is 2. The summed E-state index contributed by atoms with van der Waals surface area (Å²) in [7, 11) is -0.837. The molecule has 0 fully saturated rings. The average Bonchev–Trinajstić information content (AvgIpc) is 3.13. The van der Waals surface area contributed by atoms with Gasteiger partial charge in [0.2, 0.25) is 0 Å². The Morgan fingerprint density at radius 1 is 0.646 bits per heavy atom. The molecule has 0 amide bonds. The zero-order chi connectivity index (χ0) is 37.7. The predicted octanol–water partition coefficient (Wildman–Crippen LogP) is 12.2. The molecule has 1 atom stereocenters. The van der Waals surface area contributed by atoms with Crippen molar-refractivity contribution < 1.29 is 22.4 Å². The van der Waals surface area contributed by atoms with Gasteiger partial charge in [-0.1, -0.05) is 136 Å². The van der Waals surface area contributed by atoms with Gasteiger partial charge in [0.15, 0.2) is 20.5 Å². The van der Waals surface area contributed by atoms with Crippen LogP contribution in [0.15, 0.2) is 106 Å². The van der Waals surface area contributed by atoms with E-state index in [9.17, 15) is 13.0 Å². The number of unbranched alkanes of at least 4 members (excludes halogenated alkanes) is 2. The summed E-state index contributed by atoms with van der Waals surface area (Å²) >= 11 is 0. The molecule has 0 aliphatic carbocycles. The molecule has 0 aromatic heterocycles. The van der Waals surface area contributed by atoms with Crippen LogP contribution in [0.2, 0.25) is 0 Å². The zero-order valence-corrected chi connectivity index (χ0v) is 34.5. The molecule has 3 aromatic rings. The summed E-state index contributed by atoms with van der Waals surface area (Å²) in [5, 5.41) is 0. The molecular weight excluding hydrogens is 637 g/mol. The second-order valence-corrected chi connectivity index (χ2v) is 15.0. The molecule has 0 heterocycles. The van der Waals surface area contributed by atoms with Crippen molar-refractivity contribution in [3.63, 3.8) is 0 Å². The average molecular weight is 707 g/mol. The smallest absolute Gasteiger partial charge is 0.166 e. The van der Waals surface area contributed by atoms with E-state index in [4.69, 9.17) is 9.47 Å². The number of benzene rings is 3. The van der Waals surface area contributed by atoms with Gasteiger partial charge in [0.1, 0.15) is 10.1 Å². The van der Waals surface area contributed by atoms with E-state index in [0.29, 0.717) is 0 Å². The van der Waals surface area contributed by atoms with Crippen molar-refractivity contribution in [2.75, 3.05) is 14.2 Å². The quantitative estimate of drug-likeness (QED) is 0.100. The van der Waals surface area contributed by atoms with Crippen molar-refractivity contribution >= 4 is 21.0 Å². The standard InChI is InChI=1S/C18H15S.C9H20O3S.C8H18O2.3C2H6/c1-4-10-16(11-5-1)19(17-12-6-2-7-13-17)18-14-8-3-9-15-18;1-5-6-7-8(2)9(3,4)13(10,11)12;1-5-6-7-8(2,9-3)10-4;3*1-2/h1-15H;8H,5-7H2,1-4H3,(H,10,11,12);5-7H2,1-4H3;3*1-2H3/q+1;;;;;/p-1. The van der Waals surface area contributed by atoms with Crippen molar-refractivity contribution in [2.45, 2.75) is 147 Å². The molecule has 48 heavy (non-hydrogen) atoms. The van der Waals surface area contributed by atoms with E-state index in [1.54, 1.807) is 14.2 Å². The van der Waals surface area contributed by atoms with E-state index < -0.39 is 14.9 Å². The van der Waals surface area contributed by atoms with Crippen LogP contribution in [-0.4, -0.2) is 37.7 Å². The zero-order valence-electron chi connectivity index (χ0n) is 32.8. The molecule has 1 unspecified atom stereocenters. The Bertz CT molecular complexity index is 1100. The van der Waals surface area contributed by atoms with Crippen molar-refractivity contribution in [3.05, 3.63) is 91.0 Å². The van der Waals surface area contributed by atoms with Crippen molar-refractivity contribution in [1.82, 2.24) is 0 Å². The molecular formula is C41H70O5S2. The summed E-state index contributed by atoms with van der Waals surface area (Å²) in [4.78, 5) is 4.08. The van der Waals surface area contributed by atoms with Crippen LogP contribution in [0.4, 0.5) is 0 Å². The van der Waals surface area contributed by atoms with Gasteiger partial charge in [0, 0.05) is 20.6 Å². The Labute approximate surface area is 300 Å². The van der Waals surface area contributed by atoms with E-state index in [1.807, 2.05) is 62.3 Å². The molecule has 276 valence electrons. The van der Waals surface area contributed by atoms with Gasteiger partial charge >= 0.3 is 0 Å². The Kier molecular flexibility index (Phi) is 31.1. The summed E-state index contributed by atoms with van der Waals surface area (Å²) in [6.07, 6.45) is 6.10. The highest BCUT2D eigenvalue weighted by atomic mass is 32.2. The SMILES string of the molecule is CC.CC.CC.CCCCC(C)(OC)OC.CCCCC(C)C(C)(C)S(=O)(=O)[O-].c1ccc([S+](c2ccccc2)c2ccccc2)cc1. The molecule has 3 aromatic carbocycles. The highest BCUT2D eigenvalue weighted by molar-refractivity contribution is 7.97. The Morgan fingerprint density at radius 2 is 0.958 bits per heavy atom. The first-order valence-electron chi connectivity index (χ1n) is 17.8. The minimum atomic E-state index is -4.18. The number of ether oxygens (including phenoxy) is 2. The lowest BCUT2D eigenvalue weighted by molar-refractivity contribution is -0.197. The summed E-state index contributed by atoms with van der Waals surface area (Å²) in [6, 6.07) is 32.2. The summed E-state index contributed by atoms with van der Waals surface area (Å²) in [5.74, 6) is -0.439. The fourth-order valence-corrected chi connectivity index (χ4v) is 6.68. The minimum Gasteiger partial charge on any atom is -0.748 e. The number of hydrogen-bond donors (Lipinski definition) is 0. The monoisotopic (exact) mass is 706 g/mol. The highest BCUT2D eigenvalue weighted by Gasteiger charge is 2.32. The van der Waals surface area contributed by atoms with Crippen LogP contribution in [0.5, 0.6) is 0 Å². The van der Waals surface area contributed by atoms with Crippen LogP contribution in [0.1, 0.15) is 122 Å². The van der Waals surface area contributed by atoms with Gasteiger partial charge < -0.3 is 14.0 Å². The van der Waals surface area contributed by atoms with Gasteiger partial charge in [-0.25, -0.2) is 8.42 Å². The second kappa shape index (κ2) is 29.7. The van der Waals surface area contributed by atoms with E-state index in [2.05, 4.69) is 97.9 Å². The lowest BCUT2D eigenvalue weighted by atomic mass is 9.92. The molecule has 0 bridgehead atoms. The molecule has 5 nitrogen and oxygen atoms in total. The van der Waals surface area contributed by atoms with E-state index in [1.165, 1.54) is 35.0 Å². The van der Waals surface area contributed by atoms with Crippen LogP contribution in [0.3, 0.4) is 0 Å². The third-order valence-corrected chi connectivity index (χ3v) is 11.5. The number of rotatable bonds is 13. The normalized spacial score (nSPS) is 11.3. The van der Waals surface area contributed by atoms with Gasteiger partial charge in [-0.3, -0.25) is 0 Å². The van der Waals surface area contributed by atoms with Crippen LogP contribution < -0.4 is 0 Å². The summed E-state index contributed by atoms with van der Waals surface area (Å²) in [6.45, 7) is 23.0. The van der Waals surface area contributed by atoms with Gasteiger partial charge in [-0.15, -0.1) is 0 Å². The first-order chi connectivity index (χ1) is 22.9. The molecule has 0 spiro atoms. The molecule has 0 aliphatic rings. The van der Waals surface area contributed by atoms with E-state index >= 15 is 0 Å².